The van der Waals surface area contributed by atoms with Gasteiger partial charge in [-0.05, 0) is 112 Å². The second-order valence-corrected chi connectivity index (χ2v) is 19.0. The van der Waals surface area contributed by atoms with E-state index in [9.17, 15) is 4.79 Å². The number of esters is 1. The molecule has 3 nitrogen and oxygen atoms in total. The van der Waals surface area contributed by atoms with E-state index in [4.69, 9.17) is 4.74 Å². The van der Waals surface area contributed by atoms with E-state index in [-0.39, 0.29) is 0 Å². The highest BCUT2D eigenvalue weighted by Gasteiger charge is 2.60. The van der Waals surface area contributed by atoms with Crippen molar-refractivity contribution < 1.29 is 9.53 Å². The fraction of sp³-hybridized carbons (Fsp3) is 0.154. The van der Waals surface area contributed by atoms with Gasteiger partial charge in [0.1, 0.15) is 0 Å². The number of rotatable bonds is 11. The number of nitrogens with zero attached hydrogens (tertiary/aromatic N) is 1. The fourth-order valence-corrected chi connectivity index (χ4v) is 12.8. The summed E-state index contributed by atoms with van der Waals surface area (Å²) in [6.45, 7) is 8.55. The predicted octanol–water partition coefficient (Wildman–Crippen LogP) is 14.8. The van der Waals surface area contributed by atoms with Gasteiger partial charge in [0.05, 0.1) is 39.9 Å². The van der Waals surface area contributed by atoms with Gasteiger partial charge in [0.25, 0.3) is 0 Å². The lowest BCUT2D eigenvalue weighted by Crippen LogP contribution is -2.49. The van der Waals surface area contributed by atoms with Crippen molar-refractivity contribution in [2.75, 3.05) is 11.5 Å². The Bertz CT molecular complexity index is 3250. The van der Waals surface area contributed by atoms with Crippen LogP contribution in [0.15, 0.2) is 225 Å². The molecule has 3 heteroatoms. The molecule has 3 heterocycles. The average Bonchev–Trinajstić information content (AvgIpc) is 3.39. The van der Waals surface area contributed by atoms with Crippen molar-refractivity contribution in [3.05, 3.63) is 302 Å². The summed E-state index contributed by atoms with van der Waals surface area (Å²) in [7, 11) is 0. The van der Waals surface area contributed by atoms with Crippen LogP contribution in [0.5, 0.6) is 0 Å². The van der Waals surface area contributed by atoms with Gasteiger partial charge in [-0.2, -0.15) is 0 Å². The van der Waals surface area contributed by atoms with Crippen LogP contribution in [0.4, 0.5) is 17.1 Å². The van der Waals surface area contributed by atoms with Gasteiger partial charge in [-0.3, -0.25) is 0 Å². The van der Waals surface area contributed by atoms with Crippen LogP contribution in [-0.4, -0.2) is 12.6 Å². The van der Waals surface area contributed by atoms with E-state index in [1.165, 1.54) is 107 Å². The molecule has 0 radical (unpaired) electrons. The molecule has 4 aliphatic rings. The van der Waals surface area contributed by atoms with Crippen LogP contribution in [0.25, 0.3) is 0 Å². The third kappa shape index (κ3) is 5.81. The molecule has 1 unspecified atom stereocenters. The lowest BCUT2D eigenvalue weighted by Gasteiger charge is -2.59. The van der Waals surface area contributed by atoms with E-state index in [0.717, 1.165) is 12.8 Å². The zero-order valence-electron chi connectivity index (χ0n) is 38.7. The molecule has 0 spiro atoms. The van der Waals surface area contributed by atoms with Gasteiger partial charge >= 0.3 is 5.97 Å². The Hall–Kier alpha value is -7.75. The fourth-order valence-electron chi connectivity index (χ4n) is 12.8. The third-order valence-electron chi connectivity index (χ3n) is 15.3. The maximum absolute atomic E-state index is 12.4. The molecule has 68 heavy (non-hydrogen) atoms. The third-order valence-corrected chi connectivity index (χ3v) is 15.3. The number of benzene rings is 8. The molecule has 8 aromatic rings. The summed E-state index contributed by atoms with van der Waals surface area (Å²) in [5, 5.41) is 0. The van der Waals surface area contributed by atoms with E-state index in [2.05, 4.69) is 232 Å². The second kappa shape index (κ2) is 16.2. The molecule has 0 amide bonds. The second-order valence-electron chi connectivity index (χ2n) is 19.0. The Morgan fingerprint density at radius 1 is 0.529 bits per heavy atom. The number of aryl methyl sites for hydroxylation is 3. The van der Waals surface area contributed by atoms with E-state index in [1.807, 2.05) is 0 Å². The van der Waals surface area contributed by atoms with Gasteiger partial charge in [-0.15, -0.1) is 0 Å². The summed E-state index contributed by atoms with van der Waals surface area (Å²) in [5.41, 5.74) is 20.2. The summed E-state index contributed by atoms with van der Waals surface area (Å²) in [4.78, 5) is 15.1. The summed E-state index contributed by atoms with van der Waals surface area (Å²) in [6.07, 6.45) is 11.9. The largest absolute Gasteiger partial charge is 0.463 e. The first-order valence-electron chi connectivity index (χ1n) is 24.2. The number of carbonyl (C=O) groups is 1. The van der Waals surface area contributed by atoms with Gasteiger partial charge in [-0.1, -0.05) is 224 Å². The monoisotopic (exact) mass is 879 g/mol. The molecule has 330 valence electrons. The number of hydrogen-bond acceptors (Lipinski definition) is 3. The van der Waals surface area contributed by atoms with E-state index in [0.29, 0.717) is 19.4 Å². The van der Waals surface area contributed by atoms with Crippen molar-refractivity contribution >= 4 is 23.0 Å². The minimum atomic E-state index is -0.761. The van der Waals surface area contributed by atoms with Gasteiger partial charge in [0, 0.05) is 6.08 Å². The SMILES string of the molecule is C=CC(=O)OCCCc1cc2c3c(c1)C(c1ccccc1)(c1ccccc1)c1cc(C)cc4c1N3c1c(cc(C)cc1C4(c1ccccc1)c1ccccc1)C2(C1=CCCC=C1)c1ccccc1. The maximum atomic E-state index is 12.4. The molecule has 0 saturated heterocycles. The lowest BCUT2D eigenvalue weighted by molar-refractivity contribution is -0.137. The highest BCUT2D eigenvalue weighted by molar-refractivity contribution is 6.03. The van der Waals surface area contributed by atoms with Crippen molar-refractivity contribution in [2.24, 2.45) is 0 Å². The highest BCUT2D eigenvalue weighted by Crippen LogP contribution is 2.72. The van der Waals surface area contributed by atoms with Crippen LogP contribution in [0.1, 0.15) is 97.2 Å². The van der Waals surface area contributed by atoms with Crippen LogP contribution < -0.4 is 4.90 Å². The van der Waals surface area contributed by atoms with Crippen molar-refractivity contribution in [1.82, 2.24) is 0 Å². The van der Waals surface area contributed by atoms with Gasteiger partial charge in [0.2, 0.25) is 0 Å². The molecule has 0 aromatic heterocycles. The Morgan fingerprint density at radius 3 is 1.28 bits per heavy atom. The topological polar surface area (TPSA) is 29.5 Å². The molecule has 8 aromatic carbocycles. The van der Waals surface area contributed by atoms with Crippen LogP contribution in [0.3, 0.4) is 0 Å². The van der Waals surface area contributed by atoms with E-state index in [1.54, 1.807) is 0 Å². The zero-order chi connectivity index (χ0) is 46.0. The zero-order valence-corrected chi connectivity index (χ0v) is 38.7. The van der Waals surface area contributed by atoms with Crippen LogP contribution in [-0.2, 0) is 32.2 Å². The van der Waals surface area contributed by atoms with Crippen LogP contribution in [0.2, 0.25) is 0 Å². The van der Waals surface area contributed by atoms with Gasteiger partial charge < -0.3 is 9.64 Å². The quantitative estimate of drug-likeness (QED) is 0.0736. The summed E-state index contributed by atoms with van der Waals surface area (Å²) >= 11 is 0. The molecular formula is C65H53NO2. The molecule has 0 bridgehead atoms. The normalized spacial score (nSPS) is 17.4. The number of carbonyl (C=O) groups excluding carboxylic acids is 1. The van der Waals surface area contributed by atoms with Crippen molar-refractivity contribution in [1.29, 1.82) is 0 Å². The van der Waals surface area contributed by atoms with Gasteiger partial charge in [-0.25, -0.2) is 4.79 Å². The van der Waals surface area contributed by atoms with Gasteiger partial charge in [0.15, 0.2) is 0 Å². The molecule has 0 N–H and O–H groups in total. The first-order chi connectivity index (χ1) is 33.4. The van der Waals surface area contributed by atoms with Crippen LogP contribution in [0, 0.1) is 13.8 Å². The lowest BCUT2D eigenvalue weighted by atomic mass is 9.52. The molecule has 1 aliphatic carbocycles. The Morgan fingerprint density at radius 2 is 0.897 bits per heavy atom. The van der Waals surface area contributed by atoms with Crippen molar-refractivity contribution in [3.63, 3.8) is 0 Å². The predicted molar refractivity (Wildman–Crippen MR) is 277 cm³/mol. The van der Waals surface area contributed by atoms with E-state index < -0.39 is 22.2 Å². The first-order valence-corrected chi connectivity index (χ1v) is 24.2. The van der Waals surface area contributed by atoms with Crippen LogP contribution >= 0.6 is 0 Å². The summed E-state index contributed by atoms with van der Waals surface area (Å²) in [6, 6.07) is 71.4. The standard InChI is InChI=1S/C65H53NO2/c1-4-59(67)68-37-23-24-46-42-57-62-58(43-46)65(51-33-19-9-20-34-51,52-35-21-10-22-36-52)56-41-45(3)39-54-61(56)66(62)60-53(63(54,47-25-11-5-12-26-47)48-27-13-6-14-28-48)38-44(2)40-55(60)64(57,49-29-15-7-16-30-49)50-31-17-8-18-32-50/h4-9,11-21,25-36,38-43H,1,10,22-24,37H2,2-3H3. The Balaban J connectivity index is 1.35. The minimum Gasteiger partial charge on any atom is -0.463 e. The number of ether oxygens (including phenoxy) is 1. The number of allylic oxidation sites excluding steroid dienone is 4. The Labute approximate surface area is 400 Å². The van der Waals surface area contributed by atoms with Crippen molar-refractivity contribution in [3.8, 4) is 0 Å². The molecule has 0 fully saturated rings. The summed E-state index contributed by atoms with van der Waals surface area (Å²) < 4.78 is 5.64. The van der Waals surface area contributed by atoms with E-state index >= 15 is 0 Å². The Kier molecular flexibility index (Phi) is 9.95. The minimum absolute atomic E-state index is 0.307. The molecular weight excluding hydrogens is 827 g/mol. The smallest absolute Gasteiger partial charge is 0.330 e. The number of anilines is 3. The highest BCUT2D eigenvalue weighted by atomic mass is 16.5. The van der Waals surface area contributed by atoms with Crippen molar-refractivity contribution in [2.45, 2.75) is 55.8 Å². The average molecular weight is 880 g/mol. The first kappa shape index (κ1) is 41.7. The number of hydrogen-bond donors (Lipinski definition) is 0. The molecule has 3 aliphatic heterocycles. The summed E-state index contributed by atoms with van der Waals surface area (Å²) in [5.74, 6) is -0.394. The maximum Gasteiger partial charge on any atom is 0.330 e. The molecule has 1 atom stereocenters. The molecule has 0 saturated carbocycles. The molecule has 12 rings (SSSR count).